The van der Waals surface area contributed by atoms with Crippen LogP contribution in [0.5, 0.6) is 0 Å². The van der Waals surface area contributed by atoms with Crippen LogP contribution in [0.2, 0.25) is 4.34 Å². The monoisotopic (exact) mass is 555 g/mol. The highest BCUT2D eigenvalue weighted by atomic mass is 35.5. The molecule has 2 fully saturated rings. The third-order valence-electron chi connectivity index (χ3n) is 6.37. The van der Waals surface area contributed by atoms with Crippen molar-refractivity contribution in [2.45, 2.75) is 18.9 Å². The van der Waals surface area contributed by atoms with Gasteiger partial charge in [-0.1, -0.05) is 11.6 Å². The maximum atomic E-state index is 12.9. The number of aromatic nitrogens is 2. The van der Waals surface area contributed by atoms with Gasteiger partial charge in [-0.2, -0.15) is 9.40 Å². The van der Waals surface area contributed by atoms with E-state index in [1.165, 1.54) is 33.1 Å². The largest absolute Gasteiger partial charge is 0.480 e. The molecule has 0 unspecified atom stereocenters. The average Bonchev–Trinajstić information content (AvgIpc) is 3.26. The molecule has 4 heterocycles. The van der Waals surface area contributed by atoms with Gasteiger partial charge in [-0.25, -0.2) is 17.9 Å². The lowest BCUT2D eigenvalue weighted by Crippen LogP contribution is -2.61. The molecule has 0 saturated carbocycles. The number of aliphatic carboxylic acids is 1. The topological polar surface area (TPSA) is 133 Å². The molecule has 2 aliphatic heterocycles. The Morgan fingerprint density at radius 3 is 2.56 bits per heavy atom. The zero-order chi connectivity index (χ0) is 26.0. The summed E-state index contributed by atoms with van der Waals surface area (Å²) >= 11 is 7.08. The number of anilines is 1. The van der Waals surface area contributed by atoms with Crippen molar-refractivity contribution in [2.24, 2.45) is 13.0 Å². The number of carboxylic acid groups (broad SMARTS) is 1. The molecular weight excluding hydrogens is 530 g/mol. The van der Waals surface area contributed by atoms with E-state index >= 15 is 0 Å². The van der Waals surface area contributed by atoms with Gasteiger partial charge in [0.05, 0.1) is 10.9 Å². The highest BCUT2D eigenvalue weighted by molar-refractivity contribution is 7.92. The van der Waals surface area contributed by atoms with Crippen molar-refractivity contribution in [1.82, 2.24) is 19.0 Å². The Balaban J connectivity index is 1.39. The second-order valence-corrected chi connectivity index (χ2v) is 12.3. The van der Waals surface area contributed by atoms with Gasteiger partial charge in [-0.3, -0.25) is 9.59 Å². The minimum absolute atomic E-state index is 0.0613. The first-order valence-corrected chi connectivity index (χ1v) is 14.0. The molecule has 0 aliphatic carbocycles. The summed E-state index contributed by atoms with van der Waals surface area (Å²) in [5, 5.41) is 15.0. The normalized spacial score (nSPS) is 20.4. The molecule has 0 aromatic carbocycles. The fraction of sp³-hybridized carbons (Fsp3) is 0.455. The van der Waals surface area contributed by atoms with Crippen LogP contribution in [0.3, 0.4) is 0 Å². The first-order chi connectivity index (χ1) is 17.0. The van der Waals surface area contributed by atoms with Gasteiger partial charge in [-0.15, -0.1) is 11.3 Å². The van der Waals surface area contributed by atoms with Gasteiger partial charge in [0.15, 0.2) is 0 Å². The van der Waals surface area contributed by atoms with E-state index in [-0.39, 0.29) is 24.6 Å². The first kappa shape index (κ1) is 26.3. The molecule has 194 valence electrons. The Morgan fingerprint density at radius 2 is 1.94 bits per heavy atom. The molecular formula is C22H26ClN5O6S2. The molecule has 0 radical (unpaired) electrons. The van der Waals surface area contributed by atoms with Crippen LogP contribution in [0.15, 0.2) is 34.5 Å². The van der Waals surface area contributed by atoms with Crippen LogP contribution in [-0.4, -0.2) is 83.2 Å². The van der Waals surface area contributed by atoms with E-state index in [1.807, 2.05) is 4.90 Å². The number of sulfonamides is 1. The Hall–Kier alpha value is -2.74. The number of thiophene rings is 1. The van der Waals surface area contributed by atoms with E-state index in [0.717, 1.165) is 9.71 Å². The quantitative estimate of drug-likeness (QED) is 0.540. The predicted molar refractivity (Wildman–Crippen MR) is 136 cm³/mol. The van der Waals surface area contributed by atoms with E-state index in [4.69, 9.17) is 11.6 Å². The smallest absolute Gasteiger partial charge is 0.327 e. The van der Waals surface area contributed by atoms with Gasteiger partial charge >= 0.3 is 5.97 Å². The highest BCUT2D eigenvalue weighted by Crippen LogP contribution is 2.26. The van der Waals surface area contributed by atoms with Crippen molar-refractivity contribution in [3.63, 3.8) is 0 Å². The summed E-state index contributed by atoms with van der Waals surface area (Å²) in [6.07, 6.45) is 2.79. The van der Waals surface area contributed by atoms with Crippen LogP contribution >= 0.6 is 22.9 Å². The molecule has 2 aromatic rings. The number of carbonyl (C=O) groups is 2. The molecule has 1 amide bonds. The van der Waals surface area contributed by atoms with Crippen LogP contribution < -0.4 is 10.5 Å². The zero-order valence-electron chi connectivity index (χ0n) is 19.5. The van der Waals surface area contributed by atoms with Gasteiger partial charge in [0.25, 0.3) is 5.56 Å². The third kappa shape index (κ3) is 5.97. The molecule has 0 bridgehead atoms. The van der Waals surface area contributed by atoms with Gasteiger partial charge in [0, 0.05) is 49.6 Å². The van der Waals surface area contributed by atoms with E-state index in [9.17, 15) is 27.9 Å². The minimum Gasteiger partial charge on any atom is -0.480 e. The number of hydrogen-bond donors (Lipinski definition) is 1. The molecule has 2 saturated heterocycles. The number of aryl methyl sites for hydroxylation is 1. The van der Waals surface area contributed by atoms with Gasteiger partial charge < -0.3 is 14.9 Å². The third-order valence-corrected chi connectivity index (χ3v) is 9.04. The van der Waals surface area contributed by atoms with Crippen molar-refractivity contribution in [3.8, 4) is 0 Å². The van der Waals surface area contributed by atoms with Crippen LogP contribution in [0.4, 0.5) is 5.82 Å². The van der Waals surface area contributed by atoms with E-state index in [1.54, 1.807) is 25.2 Å². The lowest BCUT2D eigenvalue weighted by Gasteiger charge is -2.41. The number of piperidine rings is 1. The van der Waals surface area contributed by atoms with Crippen LogP contribution in [-0.2, 0) is 26.7 Å². The molecule has 11 nitrogen and oxygen atoms in total. The number of hydrogen-bond acceptors (Lipinski definition) is 8. The number of amides is 1. The van der Waals surface area contributed by atoms with Crippen LogP contribution in [0.1, 0.15) is 17.7 Å². The fourth-order valence-electron chi connectivity index (χ4n) is 4.34. The number of rotatable bonds is 7. The predicted octanol–water partition coefficient (Wildman–Crippen LogP) is 1.31. The number of carbonyl (C=O) groups excluding carboxylic acids is 1. The molecule has 2 aromatic heterocycles. The number of nitrogens with zero attached hydrogens (tertiary/aromatic N) is 5. The van der Waals surface area contributed by atoms with Gasteiger partial charge in [-0.05, 0) is 43.0 Å². The maximum Gasteiger partial charge on any atom is 0.327 e. The standard InChI is InChI=1S/C22H26ClN5O6S2/c1-25-20(29)5-4-19(24-25)26-9-6-15(7-10-26)12-28-17(22(31)32)13-27(14-21(28)30)36(33,34)11-8-16-2-3-18(23)35-16/h2-5,8,11,15,17H,6-7,9-10,12-14H2,1H3,(H,31,32)/t17-/m1/s1. The van der Waals surface area contributed by atoms with Crippen molar-refractivity contribution >= 4 is 56.7 Å². The van der Waals surface area contributed by atoms with E-state index in [2.05, 4.69) is 5.10 Å². The summed E-state index contributed by atoms with van der Waals surface area (Å²) in [7, 11) is -2.42. The molecule has 14 heteroatoms. The fourth-order valence-corrected chi connectivity index (χ4v) is 6.52. The lowest BCUT2D eigenvalue weighted by atomic mass is 9.95. The molecule has 1 N–H and O–H groups in total. The Morgan fingerprint density at radius 1 is 1.22 bits per heavy atom. The van der Waals surface area contributed by atoms with Crippen molar-refractivity contribution in [1.29, 1.82) is 0 Å². The SMILES string of the molecule is Cn1nc(N2CCC(CN3C(=O)CN(S(=O)(=O)C=Cc4ccc(Cl)s4)C[C@@H]3C(=O)O)CC2)ccc1=O. The van der Waals surface area contributed by atoms with Crippen LogP contribution in [0.25, 0.3) is 6.08 Å². The Kier molecular flexibility index (Phi) is 7.83. The molecule has 4 rings (SSSR count). The van der Waals surface area contributed by atoms with Gasteiger partial charge in [0.2, 0.25) is 15.9 Å². The van der Waals surface area contributed by atoms with Crippen LogP contribution in [0, 0.1) is 5.92 Å². The summed E-state index contributed by atoms with van der Waals surface area (Å²) in [6.45, 7) is 0.797. The Bertz CT molecular complexity index is 1330. The number of carboxylic acids is 1. The van der Waals surface area contributed by atoms with Crippen molar-refractivity contribution in [3.05, 3.63) is 49.2 Å². The Labute approximate surface area is 217 Å². The summed E-state index contributed by atoms with van der Waals surface area (Å²) in [5.74, 6) is -1.03. The second-order valence-electron chi connectivity index (χ2n) is 8.77. The molecule has 1 atom stereocenters. The van der Waals surface area contributed by atoms with E-state index < -0.39 is 34.5 Å². The lowest BCUT2D eigenvalue weighted by molar-refractivity contribution is -0.154. The minimum atomic E-state index is -4.01. The molecule has 36 heavy (non-hydrogen) atoms. The van der Waals surface area contributed by atoms with Gasteiger partial charge in [0.1, 0.15) is 11.9 Å². The average molecular weight is 556 g/mol. The summed E-state index contributed by atoms with van der Waals surface area (Å²) in [4.78, 5) is 40.5. The van der Waals surface area contributed by atoms with Crippen molar-refractivity contribution < 1.29 is 23.1 Å². The second kappa shape index (κ2) is 10.7. The van der Waals surface area contributed by atoms with Crippen molar-refractivity contribution in [2.75, 3.05) is 37.6 Å². The molecule has 0 spiro atoms. The number of piperazine rings is 1. The summed E-state index contributed by atoms with van der Waals surface area (Å²) in [6, 6.07) is 5.18. The number of halogens is 1. The zero-order valence-corrected chi connectivity index (χ0v) is 21.9. The summed E-state index contributed by atoms with van der Waals surface area (Å²) in [5.41, 5.74) is -0.195. The highest BCUT2D eigenvalue weighted by Gasteiger charge is 2.41. The molecule has 2 aliphatic rings. The first-order valence-electron chi connectivity index (χ1n) is 11.3. The van der Waals surface area contributed by atoms with E-state index in [0.29, 0.717) is 41.0 Å². The summed E-state index contributed by atoms with van der Waals surface area (Å²) < 4.78 is 28.3. The maximum absolute atomic E-state index is 12.9.